The lowest BCUT2D eigenvalue weighted by atomic mass is 10.2. The summed E-state index contributed by atoms with van der Waals surface area (Å²) in [7, 11) is -4.61. The van der Waals surface area contributed by atoms with Crippen LogP contribution in [-0.2, 0) is 18.1 Å². The average molecular weight is 362 g/mol. The number of hydrogen-bond acceptors (Lipinski definition) is 4. The Morgan fingerprint density at radius 3 is 1.73 bits per heavy atom. The Morgan fingerprint density at radius 1 is 0.864 bits per heavy atom. The van der Waals surface area contributed by atoms with Crippen molar-refractivity contribution in [2.45, 2.75) is 43.7 Å². The van der Waals surface area contributed by atoms with E-state index >= 15 is 0 Å². The molecule has 0 aromatic heterocycles. The zero-order valence-electron chi connectivity index (χ0n) is 11.2. The van der Waals surface area contributed by atoms with Crippen molar-refractivity contribution < 1.29 is 48.9 Å². The van der Waals surface area contributed by atoms with Gasteiger partial charge in [-0.15, -0.1) is 0 Å². The van der Waals surface area contributed by atoms with Gasteiger partial charge in [0.25, 0.3) is 0 Å². The van der Waals surface area contributed by atoms with E-state index in [-0.39, 0.29) is 13.2 Å². The Kier molecular flexibility index (Phi) is 6.28. The maximum Gasteiger partial charge on any atom is 0.474 e. The minimum Gasteiger partial charge on any atom is -0.287 e. The first-order valence-corrected chi connectivity index (χ1v) is 7.73. The van der Waals surface area contributed by atoms with Gasteiger partial charge in [-0.1, -0.05) is 12.8 Å². The first-order valence-electron chi connectivity index (χ1n) is 6.27. The molecule has 1 fully saturated rings. The molecular weight excluding hydrogens is 348 g/mol. The molecular formula is C10H14F7O4P. The molecule has 0 atom stereocenters. The van der Waals surface area contributed by atoms with E-state index in [0.29, 0.717) is 25.7 Å². The first-order chi connectivity index (χ1) is 9.91. The van der Waals surface area contributed by atoms with Crippen LogP contribution < -0.4 is 0 Å². The third kappa shape index (κ3) is 4.81. The van der Waals surface area contributed by atoms with Gasteiger partial charge in [0, 0.05) is 0 Å². The van der Waals surface area contributed by atoms with Gasteiger partial charge in [-0.2, -0.15) is 30.7 Å². The van der Waals surface area contributed by atoms with Crippen molar-refractivity contribution in [1.29, 1.82) is 0 Å². The van der Waals surface area contributed by atoms with Gasteiger partial charge in [0.1, 0.15) is 6.61 Å². The summed E-state index contributed by atoms with van der Waals surface area (Å²) >= 11 is 0. The van der Waals surface area contributed by atoms with E-state index in [1.165, 1.54) is 0 Å². The molecule has 1 heterocycles. The van der Waals surface area contributed by atoms with Gasteiger partial charge in [0.15, 0.2) is 0 Å². The van der Waals surface area contributed by atoms with Crippen molar-refractivity contribution in [3.05, 3.63) is 0 Å². The van der Waals surface area contributed by atoms with Crippen LogP contribution in [0.3, 0.4) is 0 Å². The molecule has 1 saturated heterocycles. The molecule has 0 bridgehead atoms. The van der Waals surface area contributed by atoms with Crippen LogP contribution in [0.4, 0.5) is 30.7 Å². The Hall–Kier alpha value is -0.380. The van der Waals surface area contributed by atoms with E-state index in [2.05, 4.69) is 13.6 Å². The van der Waals surface area contributed by atoms with Crippen LogP contribution in [0.2, 0.25) is 0 Å². The molecule has 0 amide bonds. The van der Waals surface area contributed by atoms with Gasteiger partial charge in [-0.25, -0.2) is 4.57 Å². The Bertz CT molecular complexity index is 399. The van der Waals surface area contributed by atoms with Crippen LogP contribution in [0.25, 0.3) is 0 Å². The number of phosphoric ester groups is 1. The Balaban J connectivity index is 2.74. The minimum atomic E-state index is -6.48. The summed E-state index contributed by atoms with van der Waals surface area (Å²) in [5, 5.41) is 0. The quantitative estimate of drug-likeness (QED) is 0.544. The number of halogens is 7. The summed E-state index contributed by atoms with van der Waals surface area (Å²) in [6, 6.07) is 0. The van der Waals surface area contributed by atoms with E-state index in [0.717, 1.165) is 0 Å². The Labute approximate surface area is 121 Å². The van der Waals surface area contributed by atoms with Crippen molar-refractivity contribution in [3.8, 4) is 0 Å². The van der Waals surface area contributed by atoms with Gasteiger partial charge >= 0.3 is 25.8 Å². The third-order valence-corrected chi connectivity index (χ3v) is 4.20. The molecule has 0 unspecified atom stereocenters. The summed E-state index contributed by atoms with van der Waals surface area (Å²) in [6.45, 7) is -2.87. The predicted molar refractivity (Wildman–Crippen MR) is 59.9 cm³/mol. The fourth-order valence-corrected chi connectivity index (χ4v) is 2.73. The summed E-state index contributed by atoms with van der Waals surface area (Å²) < 4.78 is 112. The molecule has 1 aliphatic rings. The van der Waals surface area contributed by atoms with Gasteiger partial charge in [0.2, 0.25) is 0 Å². The second kappa shape index (κ2) is 7.02. The molecule has 1 aliphatic heterocycles. The molecule has 22 heavy (non-hydrogen) atoms. The lowest BCUT2D eigenvalue weighted by Gasteiger charge is -2.28. The number of alkyl halides is 7. The van der Waals surface area contributed by atoms with E-state index in [1.54, 1.807) is 0 Å². The predicted octanol–water partition coefficient (Wildman–Crippen LogP) is 4.55. The first kappa shape index (κ1) is 19.7. The van der Waals surface area contributed by atoms with Crippen molar-refractivity contribution >= 4 is 7.82 Å². The zero-order chi connectivity index (χ0) is 17.1. The molecule has 0 saturated carbocycles. The van der Waals surface area contributed by atoms with Crippen molar-refractivity contribution in [2.75, 3.05) is 19.8 Å². The molecule has 12 heteroatoms. The van der Waals surface area contributed by atoms with Gasteiger partial charge in [-0.3, -0.25) is 13.6 Å². The van der Waals surface area contributed by atoms with Crippen LogP contribution in [0, 0.1) is 0 Å². The zero-order valence-corrected chi connectivity index (χ0v) is 12.1. The van der Waals surface area contributed by atoms with E-state index in [4.69, 9.17) is 0 Å². The maximum atomic E-state index is 13.1. The molecule has 0 radical (unpaired) electrons. The highest BCUT2D eigenvalue weighted by Gasteiger charge is 2.73. The van der Waals surface area contributed by atoms with Crippen LogP contribution in [0.15, 0.2) is 0 Å². The molecule has 0 N–H and O–H groups in total. The van der Waals surface area contributed by atoms with Crippen LogP contribution in [0.5, 0.6) is 0 Å². The van der Waals surface area contributed by atoms with Crippen molar-refractivity contribution in [1.82, 2.24) is 0 Å². The molecule has 1 rings (SSSR count). The summed E-state index contributed by atoms with van der Waals surface area (Å²) in [6.07, 6.45) is -4.34. The normalized spacial score (nSPS) is 21.8. The van der Waals surface area contributed by atoms with Gasteiger partial charge in [0.05, 0.1) is 13.2 Å². The van der Waals surface area contributed by atoms with Gasteiger partial charge in [-0.05, 0) is 12.8 Å². The molecule has 4 nitrogen and oxygen atoms in total. The lowest BCUT2D eigenvalue weighted by molar-refractivity contribution is -0.358. The van der Waals surface area contributed by atoms with E-state index in [9.17, 15) is 35.3 Å². The fourth-order valence-electron chi connectivity index (χ4n) is 1.48. The molecule has 0 aliphatic carbocycles. The largest absolute Gasteiger partial charge is 0.474 e. The average Bonchev–Trinajstić information content (AvgIpc) is 2.48. The lowest BCUT2D eigenvalue weighted by Crippen LogP contribution is -2.54. The van der Waals surface area contributed by atoms with Crippen LogP contribution in [0.1, 0.15) is 25.7 Å². The third-order valence-electron chi connectivity index (χ3n) is 2.76. The minimum absolute atomic E-state index is 0.210. The number of phosphoric acid groups is 1. The monoisotopic (exact) mass is 362 g/mol. The van der Waals surface area contributed by atoms with Gasteiger partial charge < -0.3 is 0 Å². The molecule has 0 spiro atoms. The van der Waals surface area contributed by atoms with E-state index < -0.39 is 32.5 Å². The highest BCUT2D eigenvalue weighted by Crippen LogP contribution is 2.53. The SMILES string of the molecule is O=P1(OCC(F)(F)C(F)(F)C(F)(F)F)OCCCCCCO1. The smallest absolute Gasteiger partial charge is 0.287 e. The number of rotatable bonds is 4. The summed E-state index contributed by atoms with van der Waals surface area (Å²) in [4.78, 5) is 0. The highest BCUT2D eigenvalue weighted by molar-refractivity contribution is 7.48. The topological polar surface area (TPSA) is 44.8 Å². The van der Waals surface area contributed by atoms with Crippen molar-refractivity contribution in [3.63, 3.8) is 0 Å². The second-order valence-corrected chi connectivity index (χ2v) is 6.25. The van der Waals surface area contributed by atoms with Crippen LogP contribution in [-0.4, -0.2) is 37.8 Å². The molecule has 0 aromatic carbocycles. The van der Waals surface area contributed by atoms with Crippen molar-refractivity contribution in [2.24, 2.45) is 0 Å². The summed E-state index contributed by atoms with van der Waals surface area (Å²) in [5.41, 5.74) is 0. The Morgan fingerprint density at radius 2 is 1.32 bits per heavy atom. The second-order valence-electron chi connectivity index (χ2n) is 4.58. The van der Waals surface area contributed by atoms with E-state index in [1.807, 2.05) is 0 Å². The maximum absolute atomic E-state index is 13.1. The standard InChI is InChI=1S/C10H14F7O4P/c11-8(12,9(13,14)10(15,16)17)7-21-22(18)19-5-3-1-2-4-6-20-22/h1-7H2. The fraction of sp³-hybridized carbons (Fsp3) is 1.00. The summed E-state index contributed by atoms with van der Waals surface area (Å²) in [5.74, 6) is -12.0. The molecule has 0 aromatic rings. The highest BCUT2D eigenvalue weighted by atomic mass is 31.2. The number of hydrogen-bond donors (Lipinski definition) is 0. The van der Waals surface area contributed by atoms with Crippen LogP contribution >= 0.6 is 7.82 Å². The molecule has 132 valence electrons.